The third-order valence-corrected chi connectivity index (χ3v) is 8.45. The Bertz CT molecular complexity index is 1920. The minimum atomic E-state index is -0.446. The summed E-state index contributed by atoms with van der Waals surface area (Å²) in [5.74, 6) is 0. The van der Waals surface area contributed by atoms with Crippen LogP contribution >= 0.6 is 69.6 Å². The summed E-state index contributed by atoms with van der Waals surface area (Å²) in [6, 6.07) is 24.5. The second-order valence-electron chi connectivity index (χ2n) is 9.56. The Balaban J connectivity index is 1.61. The lowest BCUT2D eigenvalue weighted by Crippen LogP contribution is -2.22. The van der Waals surface area contributed by atoms with E-state index >= 15 is 0 Å². The third-order valence-electron chi connectivity index (χ3n) is 6.86. The number of nitrogens with zero attached hydrogens (tertiary/aromatic N) is 2. The molecule has 12 heteroatoms. The smallest absolute Gasteiger partial charge is 0.275 e. The van der Waals surface area contributed by atoms with Gasteiger partial charge in [0.05, 0.1) is 31.5 Å². The first-order valence-corrected chi connectivity index (χ1v) is 15.0. The van der Waals surface area contributed by atoms with Crippen LogP contribution in [0.1, 0.15) is 11.1 Å². The van der Waals surface area contributed by atoms with Gasteiger partial charge in [-0.2, -0.15) is 0 Å². The van der Waals surface area contributed by atoms with Crippen molar-refractivity contribution in [2.75, 3.05) is 0 Å². The van der Waals surface area contributed by atoms with Gasteiger partial charge < -0.3 is 0 Å². The monoisotopic (exact) mass is 688 g/mol. The number of nitrogens with one attached hydrogen (secondary N) is 2. The van der Waals surface area contributed by atoms with Crippen molar-refractivity contribution in [3.05, 3.63) is 147 Å². The Kier molecular flexibility index (Phi) is 8.26. The summed E-state index contributed by atoms with van der Waals surface area (Å²) >= 11 is 38.3. The fourth-order valence-corrected chi connectivity index (χ4v) is 6.92. The molecule has 0 saturated heterocycles. The summed E-state index contributed by atoms with van der Waals surface area (Å²) in [6.07, 6.45) is -0.0647. The molecule has 0 fully saturated rings. The van der Waals surface area contributed by atoms with Crippen molar-refractivity contribution >= 4 is 69.6 Å². The topological polar surface area (TPSA) is 75.6 Å². The van der Waals surface area contributed by atoms with Crippen LogP contribution in [-0.4, -0.2) is 19.6 Å². The molecule has 0 unspecified atom stereocenters. The molecule has 0 radical (unpaired) electrons. The summed E-state index contributed by atoms with van der Waals surface area (Å²) in [5, 5.41) is 7.66. The zero-order valence-electron chi connectivity index (χ0n) is 21.8. The maximum atomic E-state index is 14.1. The number of halogens is 6. The average Bonchev–Trinajstić information content (AvgIpc) is 3.45. The van der Waals surface area contributed by atoms with Crippen LogP contribution in [0.3, 0.4) is 0 Å². The van der Waals surface area contributed by atoms with Crippen LogP contribution in [0.5, 0.6) is 0 Å². The Morgan fingerprint density at radius 1 is 0.512 bits per heavy atom. The quantitative estimate of drug-likeness (QED) is 0.183. The van der Waals surface area contributed by atoms with Gasteiger partial charge in [-0.1, -0.05) is 130 Å². The molecule has 0 saturated carbocycles. The highest BCUT2D eigenvalue weighted by atomic mass is 35.5. The first-order chi connectivity index (χ1) is 20.6. The van der Waals surface area contributed by atoms with E-state index in [1.54, 1.807) is 0 Å². The minimum absolute atomic E-state index is 0.0647. The predicted octanol–water partition coefficient (Wildman–Crippen LogP) is 9.49. The van der Waals surface area contributed by atoms with Gasteiger partial charge in [-0.05, 0) is 35.4 Å². The molecule has 4 aromatic carbocycles. The van der Waals surface area contributed by atoms with E-state index in [4.69, 9.17) is 69.6 Å². The Morgan fingerprint density at radius 3 is 1.16 bits per heavy atom. The van der Waals surface area contributed by atoms with Gasteiger partial charge in [0.25, 0.3) is 11.1 Å². The maximum absolute atomic E-state index is 14.1. The molecule has 43 heavy (non-hydrogen) atoms. The van der Waals surface area contributed by atoms with E-state index in [1.165, 1.54) is 33.6 Å². The second-order valence-corrected chi connectivity index (χ2v) is 12.1. The van der Waals surface area contributed by atoms with Crippen LogP contribution in [0, 0.1) is 0 Å². The van der Waals surface area contributed by atoms with Crippen molar-refractivity contribution in [3.8, 4) is 33.9 Å². The predicted molar refractivity (Wildman–Crippen MR) is 177 cm³/mol. The van der Waals surface area contributed by atoms with Crippen LogP contribution in [0.15, 0.2) is 94.5 Å². The standard InChI is InChI=1S/C31H18Cl6N4O2/c32-18-11-22(34)28(23(35)12-18)40-30(42)20(26(38-40)16-7-3-1-4-8-16)15-21-27(17-9-5-2-6-10-17)39-41(31(21)43)29-24(36)13-19(33)14-25(29)37/h1-14,38-39H,15H2. The summed E-state index contributed by atoms with van der Waals surface area (Å²) in [5.41, 5.74) is 2.60. The zero-order chi connectivity index (χ0) is 30.4. The van der Waals surface area contributed by atoms with Crippen molar-refractivity contribution in [1.29, 1.82) is 0 Å². The molecular formula is C31H18Cl6N4O2. The van der Waals surface area contributed by atoms with Crippen LogP contribution in [0.25, 0.3) is 33.9 Å². The lowest BCUT2D eigenvalue weighted by molar-refractivity contribution is 0.846. The zero-order valence-corrected chi connectivity index (χ0v) is 26.3. The molecule has 0 aliphatic carbocycles. The molecule has 0 spiro atoms. The van der Waals surface area contributed by atoms with Gasteiger partial charge in [0, 0.05) is 27.6 Å². The summed E-state index contributed by atoms with van der Waals surface area (Å²) in [6.45, 7) is 0. The second kappa shape index (κ2) is 12.0. The maximum Gasteiger partial charge on any atom is 0.275 e. The number of aromatic nitrogens is 4. The molecule has 6 rings (SSSR count). The number of hydrogen-bond donors (Lipinski definition) is 2. The molecule has 0 aliphatic rings. The molecular weight excluding hydrogens is 673 g/mol. The largest absolute Gasteiger partial charge is 0.290 e. The molecule has 2 heterocycles. The van der Waals surface area contributed by atoms with Crippen molar-refractivity contribution in [1.82, 2.24) is 19.6 Å². The highest BCUT2D eigenvalue weighted by Crippen LogP contribution is 2.35. The van der Waals surface area contributed by atoms with Crippen molar-refractivity contribution in [2.24, 2.45) is 0 Å². The van der Waals surface area contributed by atoms with Crippen molar-refractivity contribution in [3.63, 3.8) is 0 Å². The highest BCUT2D eigenvalue weighted by molar-refractivity contribution is 6.41. The van der Waals surface area contributed by atoms with Gasteiger partial charge in [0.15, 0.2) is 0 Å². The van der Waals surface area contributed by atoms with Crippen LogP contribution in [0.2, 0.25) is 30.1 Å². The van der Waals surface area contributed by atoms with Gasteiger partial charge in [-0.15, -0.1) is 0 Å². The molecule has 216 valence electrons. The lowest BCUT2D eigenvalue weighted by Gasteiger charge is -2.08. The van der Waals surface area contributed by atoms with E-state index in [1.807, 2.05) is 60.7 Å². The average molecular weight is 691 g/mol. The van der Waals surface area contributed by atoms with Crippen LogP contribution in [0.4, 0.5) is 0 Å². The fraction of sp³-hybridized carbons (Fsp3) is 0.0323. The number of H-pyrrole nitrogens is 2. The molecule has 0 amide bonds. The Morgan fingerprint density at radius 2 is 0.837 bits per heavy atom. The molecule has 2 N–H and O–H groups in total. The summed E-state index contributed by atoms with van der Waals surface area (Å²) in [4.78, 5) is 28.3. The highest BCUT2D eigenvalue weighted by Gasteiger charge is 2.26. The van der Waals surface area contributed by atoms with E-state index in [2.05, 4.69) is 10.2 Å². The molecule has 2 aromatic heterocycles. The van der Waals surface area contributed by atoms with Crippen molar-refractivity contribution < 1.29 is 0 Å². The van der Waals surface area contributed by atoms with Crippen molar-refractivity contribution in [2.45, 2.75) is 6.42 Å². The molecule has 6 aromatic rings. The molecule has 0 bridgehead atoms. The van der Waals surface area contributed by atoms with Gasteiger partial charge in [0.2, 0.25) is 0 Å². The lowest BCUT2D eigenvalue weighted by atomic mass is 9.99. The number of hydrogen-bond acceptors (Lipinski definition) is 2. The minimum Gasteiger partial charge on any atom is -0.290 e. The van der Waals surface area contributed by atoms with Gasteiger partial charge in [-0.25, -0.2) is 9.36 Å². The number of aromatic amines is 2. The third kappa shape index (κ3) is 5.55. The van der Waals surface area contributed by atoms with Gasteiger partial charge in [0.1, 0.15) is 11.4 Å². The Hall–Kier alpha value is -3.36. The van der Waals surface area contributed by atoms with E-state index in [-0.39, 0.29) is 37.9 Å². The van der Waals surface area contributed by atoms with E-state index in [0.29, 0.717) is 32.6 Å². The summed E-state index contributed by atoms with van der Waals surface area (Å²) < 4.78 is 2.53. The Labute approximate surface area is 274 Å². The van der Waals surface area contributed by atoms with Gasteiger partial charge in [-0.3, -0.25) is 19.8 Å². The van der Waals surface area contributed by atoms with E-state index in [9.17, 15) is 9.59 Å². The molecule has 6 nitrogen and oxygen atoms in total. The molecule has 0 atom stereocenters. The van der Waals surface area contributed by atoms with Crippen LogP contribution < -0.4 is 11.1 Å². The normalized spacial score (nSPS) is 11.3. The fourth-order valence-electron chi connectivity index (χ4n) is 4.95. The first-order valence-electron chi connectivity index (χ1n) is 12.7. The number of benzene rings is 4. The SMILES string of the molecule is O=c1c(Cc2c(-c3ccccc3)[nH]n(-c3c(Cl)cc(Cl)cc3Cl)c2=O)c(-c2ccccc2)[nH]n1-c1c(Cl)cc(Cl)cc1Cl. The number of rotatable bonds is 6. The van der Waals surface area contributed by atoms with E-state index in [0.717, 1.165) is 11.1 Å². The van der Waals surface area contributed by atoms with E-state index < -0.39 is 11.1 Å². The summed E-state index contributed by atoms with van der Waals surface area (Å²) in [7, 11) is 0. The van der Waals surface area contributed by atoms with Crippen LogP contribution in [-0.2, 0) is 6.42 Å². The molecule has 0 aliphatic heterocycles. The van der Waals surface area contributed by atoms with Gasteiger partial charge >= 0.3 is 0 Å². The first kappa shape index (κ1) is 29.7.